The summed E-state index contributed by atoms with van der Waals surface area (Å²) in [6.07, 6.45) is 4.60. The number of piperazine rings is 1. The molecule has 0 unspecified atom stereocenters. The Kier molecular flexibility index (Phi) is 7.18. The van der Waals surface area contributed by atoms with Crippen LogP contribution in [0.2, 0.25) is 0 Å². The first-order chi connectivity index (χ1) is 18.0. The maximum Gasteiger partial charge on any atom is 0.214 e. The lowest BCUT2D eigenvalue weighted by Gasteiger charge is -2.51. The van der Waals surface area contributed by atoms with Gasteiger partial charge in [0.15, 0.2) is 0 Å². The number of fused-ring (bicyclic) bond motifs is 4. The molecular weight excluding hydrogens is 484 g/mol. The van der Waals surface area contributed by atoms with Gasteiger partial charge in [-0.25, -0.2) is 8.42 Å². The standard InChI is InChI=1S/C29H40N4O3S/c34-26-9-10-27-23(20-26)11-14-32-22-24-6-4-13-33(28(24)21-29(27)32)37(35,36)19-5-12-30-15-17-31(18-16-30)25-7-2-1-3-8-25/h1-3,7-10,20,24,28-29,34H,4-6,11-19,21-22H2/t24-,28+,29-/m0/s1. The van der Waals surface area contributed by atoms with E-state index in [1.165, 1.54) is 16.8 Å². The van der Waals surface area contributed by atoms with E-state index in [0.29, 0.717) is 24.6 Å². The van der Waals surface area contributed by atoms with Gasteiger partial charge in [-0.05, 0) is 80.0 Å². The number of piperidine rings is 2. The molecule has 37 heavy (non-hydrogen) atoms. The summed E-state index contributed by atoms with van der Waals surface area (Å²) >= 11 is 0. The van der Waals surface area contributed by atoms with Crippen LogP contribution in [0, 0.1) is 5.92 Å². The maximum atomic E-state index is 13.6. The minimum absolute atomic E-state index is 0.0918. The zero-order valence-electron chi connectivity index (χ0n) is 21.7. The Morgan fingerprint density at radius 1 is 0.946 bits per heavy atom. The zero-order chi connectivity index (χ0) is 25.4. The molecule has 6 rings (SSSR count). The van der Waals surface area contributed by atoms with Gasteiger partial charge in [-0.1, -0.05) is 24.3 Å². The summed E-state index contributed by atoms with van der Waals surface area (Å²) in [7, 11) is -3.29. The minimum atomic E-state index is -3.29. The fourth-order valence-corrected chi connectivity index (χ4v) is 9.01. The van der Waals surface area contributed by atoms with Gasteiger partial charge in [0.2, 0.25) is 10.0 Å². The second kappa shape index (κ2) is 10.6. The molecule has 3 saturated heterocycles. The molecular formula is C29H40N4O3S. The molecule has 0 aromatic heterocycles. The van der Waals surface area contributed by atoms with Crippen LogP contribution >= 0.6 is 0 Å². The number of hydrogen-bond donors (Lipinski definition) is 1. The third-order valence-electron chi connectivity index (χ3n) is 9.12. The van der Waals surface area contributed by atoms with E-state index in [-0.39, 0.29) is 17.8 Å². The second-order valence-electron chi connectivity index (χ2n) is 11.3. The van der Waals surface area contributed by atoms with E-state index in [2.05, 4.69) is 45.0 Å². The van der Waals surface area contributed by atoms with E-state index in [0.717, 1.165) is 71.5 Å². The average Bonchev–Trinajstić information content (AvgIpc) is 2.92. The Labute approximate surface area is 221 Å². The largest absolute Gasteiger partial charge is 0.508 e. The van der Waals surface area contributed by atoms with Crippen molar-refractivity contribution in [3.05, 3.63) is 59.7 Å². The van der Waals surface area contributed by atoms with E-state index in [4.69, 9.17) is 0 Å². The molecule has 8 heteroatoms. The summed E-state index contributed by atoms with van der Waals surface area (Å²) in [5.74, 6) is 0.988. The molecule has 0 bridgehead atoms. The average molecular weight is 525 g/mol. The van der Waals surface area contributed by atoms with Gasteiger partial charge in [-0.3, -0.25) is 9.80 Å². The molecule has 2 aromatic carbocycles. The molecule has 1 N–H and O–H groups in total. The Morgan fingerprint density at radius 2 is 1.76 bits per heavy atom. The first kappa shape index (κ1) is 25.2. The summed E-state index contributed by atoms with van der Waals surface area (Å²) in [6, 6.07) is 16.6. The third kappa shape index (κ3) is 5.26. The molecule has 4 aliphatic heterocycles. The SMILES string of the molecule is O=S(=O)(CCCN1CCN(c2ccccc2)CC1)N1CCC[C@H]2CN3CCc4cc(O)ccc4[C@@H]3C[C@H]21. The Balaban J connectivity index is 1.06. The normalized spacial score (nSPS) is 27.4. The van der Waals surface area contributed by atoms with Gasteiger partial charge in [0.05, 0.1) is 5.75 Å². The highest BCUT2D eigenvalue weighted by molar-refractivity contribution is 7.89. The number of sulfonamides is 1. The molecule has 3 atom stereocenters. The van der Waals surface area contributed by atoms with Gasteiger partial charge >= 0.3 is 0 Å². The number of rotatable bonds is 6. The van der Waals surface area contributed by atoms with E-state index in [1.807, 2.05) is 16.4 Å². The Hall–Kier alpha value is -2.13. The van der Waals surface area contributed by atoms with Crippen molar-refractivity contribution in [2.24, 2.45) is 5.92 Å². The summed E-state index contributed by atoms with van der Waals surface area (Å²) in [4.78, 5) is 7.39. The van der Waals surface area contributed by atoms with Crippen LogP contribution in [0.5, 0.6) is 5.75 Å². The summed E-state index contributed by atoms with van der Waals surface area (Å²) in [5, 5.41) is 9.96. The van der Waals surface area contributed by atoms with Crippen LogP contribution in [0.4, 0.5) is 5.69 Å². The molecule has 0 radical (unpaired) electrons. The summed E-state index contributed by atoms with van der Waals surface area (Å²) < 4.78 is 29.1. The monoisotopic (exact) mass is 524 g/mol. The van der Waals surface area contributed by atoms with E-state index in [9.17, 15) is 13.5 Å². The number of phenolic OH excluding ortho intramolecular Hbond substituents is 1. The van der Waals surface area contributed by atoms with Crippen molar-refractivity contribution in [1.29, 1.82) is 0 Å². The highest BCUT2D eigenvalue weighted by atomic mass is 32.2. The highest BCUT2D eigenvalue weighted by Gasteiger charge is 2.45. The first-order valence-corrected chi connectivity index (χ1v) is 15.7. The topological polar surface area (TPSA) is 67.3 Å². The van der Waals surface area contributed by atoms with E-state index in [1.54, 1.807) is 6.07 Å². The van der Waals surface area contributed by atoms with Crippen molar-refractivity contribution in [3.8, 4) is 5.75 Å². The maximum absolute atomic E-state index is 13.6. The molecule has 4 aliphatic rings. The molecule has 200 valence electrons. The predicted molar refractivity (Wildman–Crippen MR) is 147 cm³/mol. The predicted octanol–water partition coefficient (Wildman–Crippen LogP) is 3.32. The molecule has 0 amide bonds. The van der Waals surface area contributed by atoms with Crippen molar-refractivity contribution < 1.29 is 13.5 Å². The quantitative estimate of drug-likeness (QED) is 0.626. The number of phenols is 1. The zero-order valence-corrected chi connectivity index (χ0v) is 22.5. The van der Waals surface area contributed by atoms with Crippen molar-refractivity contribution in [2.75, 3.05) is 63.0 Å². The lowest BCUT2D eigenvalue weighted by molar-refractivity contribution is 0.0219. The van der Waals surface area contributed by atoms with Crippen LogP contribution < -0.4 is 4.90 Å². The fraction of sp³-hybridized carbons (Fsp3) is 0.586. The van der Waals surface area contributed by atoms with Crippen LogP contribution in [-0.4, -0.2) is 91.8 Å². The number of aromatic hydroxyl groups is 1. The van der Waals surface area contributed by atoms with Gasteiger partial charge in [0.25, 0.3) is 0 Å². The molecule has 3 fully saturated rings. The lowest BCUT2D eigenvalue weighted by atomic mass is 9.77. The van der Waals surface area contributed by atoms with E-state index >= 15 is 0 Å². The molecule has 2 aromatic rings. The van der Waals surface area contributed by atoms with Crippen molar-refractivity contribution in [1.82, 2.24) is 14.1 Å². The smallest absolute Gasteiger partial charge is 0.214 e. The molecule has 7 nitrogen and oxygen atoms in total. The van der Waals surface area contributed by atoms with Crippen molar-refractivity contribution in [2.45, 2.75) is 44.2 Å². The number of anilines is 1. The van der Waals surface area contributed by atoms with Gasteiger partial charge in [0, 0.05) is 63.6 Å². The molecule has 0 saturated carbocycles. The number of para-hydroxylation sites is 1. The van der Waals surface area contributed by atoms with Crippen LogP contribution in [0.3, 0.4) is 0 Å². The molecule has 0 aliphatic carbocycles. The fourth-order valence-electron chi connectivity index (χ4n) is 7.20. The lowest BCUT2D eigenvalue weighted by Crippen LogP contribution is -2.57. The molecule has 0 spiro atoms. The number of nitrogens with zero attached hydrogens (tertiary/aromatic N) is 4. The molecule has 4 heterocycles. The van der Waals surface area contributed by atoms with Crippen LogP contribution in [0.1, 0.15) is 42.9 Å². The summed E-state index contributed by atoms with van der Waals surface area (Å²) in [5.41, 5.74) is 3.77. The minimum Gasteiger partial charge on any atom is -0.508 e. The van der Waals surface area contributed by atoms with Crippen LogP contribution in [0.15, 0.2) is 48.5 Å². The third-order valence-corrected chi connectivity index (χ3v) is 11.1. The van der Waals surface area contributed by atoms with Crippen molar-refractivity contribution in [3.63, 3.8) is 0 Å². The number of benzene rings is 2. The van der Waals surface area contributed by atoms with Crippen LogP contribution in [-0.2, 0) is 16.4 Å². The summed E-state index contributed by atoms with van der Waals surface area (Å²) in [6.45, 7) is 7.42. The Morgan fingerprint density at radius 3 is 2.57 bits per heavy atom. The van der Waals surface area contributed by atoms with Gasteiger partial charge in [0.1, 0.15) is 5.75 Å². The van der Waals surface area contributed by atoms with Gasteiger partial charge < -0.3 is 10.0 Å². The van der Waals surface area contributed by atoms with Gasteiger partial charge in [-0.2, -0.15) is 4.31 Å². The highest BCUT2D eigenvalue weighted by Crippen LogP contribution is 2.44. The van der Waals surface area contributed by atoms with Crippen LogP contribution in [0.25, 0.3) is 0 Å². The first-order valence-electron chi connectivity index (χ1n) is 14.1. The van der Waals surface area contributed by atoms with Gasteiger partial charge in [-0.15, -0.1) is 0 Å². The second-order valence-corrected chi connectivity index (χ2v) is 13.3. The van der Waals surface area contributed by atoms with Crippen molar-refractivity contribution >= 4 is 15.7 Å². The Bertz CT molecular complexity index is 1180. The number of hydrogen-bond acceptors (Lipinski definition) is 6. The van der Waals surface area contributed by atoms with E-state index < -0.39 is 10.0 Å².